The van der Waals surface area contributed by atoms with Crippen molar-refractivity contribution >= 4 is 22.6 Å². The lowest BCUT2D eigenvalue weighted by Crippen LogP contribution is -2.37. The minimum atomic E-state index is 0.137. The predicted octanol–water partition coefficient (Wildman–Crippen LogP) is 1.47. The molecule has 5 nitrogen and oxygen atoms in total. The Morgan fingerprint density at radius 2 is 2.22 bits per heavy atom. The number of amides is 1. The van der Waals surface area contributed by atoms with Crippen molar-refractivity contribution in [2.45, 2.75) is 38.1 Å². The van der Waals surface area contributed by atoms with Gasteiger partial charge in [0, 0.05) is 44.5 Å². The number of hydrogen-bond acceptors (Lipinski definition) is 5. The zero-order valence-corrected chi connectivity index (χ0v) is 11.6. The maximum Gasteiger partial charge on any atom is 0.219 e. The molecule has 1 aromatic heterocycles. The Balaban J connectivity index is 1.65. The molecule has 0 N–H and O–H groups in total. The van der Waals surface area contributed by atoms with Gasteiger partial charge in [0.25, 0.3) is 0 Å². The Kier molecular flexibility index (Phi) is 2.97. The first-order valence-electron chi connectivity index (χ1n) is 6.47. The van der Waals surface area contributed by atoms with Gasteiger partial charge in [-0.3, -0.25) is 4.79 Å². The van der Waals surface area contributed by atoms with Crippen LogP contribution < -0.4 is 4.90 Å². The number of nitrogens with zero attached hydrogens (tertiary/aromatic N) is 4. The van der Waals surface area contributed by atoms with E-state index in [2.05, 4.69) is 14.3 Å². The van der Waals surface area contributed by atoms with Crippen molar-refractivity contribution < 1.29 is 4.79 Å². The Morgan fingerprint density at radius 1 is 1.44 bits per heavy atom. The van der Waals surface area contributed by atoms with Crippen LogP contribution in [-0.4, -0.2) is 46.3 Å². The summed E-state index contributed by atoms with van der Waals surface area (Å²) in [7, 11) is 1.88. The topological polar surface area (TPSA) is 49.3 Å². The fourth-order valence-electron chi connectivity index (χ4n) is 2.35. The molecule has 3 rings (SSSR count). The van der Waals surface area contributed by atoms with Gasteiger partial charge in [0.2, 0.25) is 11.0 Å². The first-order chi connectivity index (χ1) is 8.65. The van der Waals surface area contributed by atoms with E-state index in [0.29, 0.717) is 12.0 Å². The molecule has 2 heterocycles. The summed E-state index contributed by atoms with van der Waals surface area (Å²) in [5.41, 5.74) is 0. The van der Waals surface area contributed by atoms with E-state index < -0.39 is 0 Å². The van der Waals surface area contributed by atoms with Crippen molar-refractivity contribution in [3.63, 3.8) is 0 Å². The third-order valence-corrected chi connectivity index (χ3v) is 4.64. The molecule has 0 spiro atoms. The van der Waals surface area contributed by atoms with Gasteiger partial charge < -0.3 is 9.80 Å². The minimum Gasteiger partial charge on any atom is -0.345 e. The molecule has 2 fully saturated rings. The smallest absolute Gasteiger partial charge is 0.219 e. The van der Waals surface area contributed by atoms with Gasteiger partial charge in [0.15, 0.2) is 0 Å². The van der Waals surface area contributed by atoms with Gasteiger partial charge in [0.05, 0.1) is 6.04 Å². The Bertz CT molecular complexity index is 457. The van der Waals surface area contributed by atoms with Crippen molar-refractivity contribution in [2.24, 2.45) is 0 Å². The number of hydrogen-bond donors (Lipinski definition) is 0. The molecule has 0 radical (unpaired) electrons. The average Bonchev–Trinajstić information content (AvgIpc) is 2.92. The van der Waals surface area contributed by atoms with Crippen LogP contribution in [0.1, 0.15) is 37.9 Å². The molecule has 1 unspecified atom stereocenters. The third-order valence-electron chi connectivity index (χ3n) is 3.85. The lowest BCUT2D eigenvalue weighted by molar-refractivity contribution is -0.129. The summed E-state index contributed by atoms with van der Waals surface area (Å²) in [5, 5.41) is 1.02. The van der Waals surface area contributed by atoms with Crippen LogP contribution in [0.2, 0.25) is 0 Å². The van der Waals surface area contributed by atoms with Crippen LogP contribution in [0.4, 0.5) is 5.13 Å². The SMILES string of the molecule is CC(=O)N(C)C1CCN(c2nc(C3CC3)ns2)C1. The zero-order valence-electron chi connectivity index (χ0n) is 10.8. The summed E-state index contributed by atoms with van der Waals surface area (Å²) < 4.78 is 4.44. The molecule has 0 aromatic carbocycles. The van der Waals surface area contributed by atoms with Crippen molar-refractivity contribution in [3.05, 3.63) is 5.82 Å². The number of anilines is 1. The molecular formula is C12H18N4OS. The predicted molar refractivity (Wildman–Crippen MR) is 70.9 cm³/mol. The quantitative estimate of drug-likeness (QED) is 0.831. The maximum atomic E-state index is 11.4. The van der Waals surface area contributed by atoms with Crippen LogP contribution in [0, 0.1) is 0 Å². The van der Waals surface area contributed by atoms with E-state index in [-0.39, 0.29) is 5.91 Å². The van der Waals surface area contributed by atoms with Crippen molar-refractivity contribution in [1.82, 2.24) is 14.3 Å². The summed E-state index contributed by atoms with van der Waals surface area (Å²) in [6.45, 7) is 3.48. The van der Waals surface area contributed by atoms with Gasteiger partial charge in [-0.1, -0.05) is 0 Å². The number of carbonyl (C=O) groups excluding carboxylic acids is 1. The van der Waals surface area contributed by atoms with Gasteiger partial charge in [-0.05, 0) is 19.3 Å². The monoisotopic (exact) mass is 266 g/mol. The largest absolute Gasteiger partial charge is 0.345 e. The van der Waals surface area contributed by atoms with E-state index in [1.165, 1.54) is 24.4 Å². The van der Waals surface area contributed by atoms with Crippen LogP contribution in [0.25, 0.3) is 0 Å². The molecular weight excluding hydrogens is 248 g/mol. The summed E-state index contributed by atoms with van der Waals surface area (Å²) in [6.07, 6.45) is 3.51. The molecule has 1 aliphatic carbocycles. The first-order valence-corrected chi connectivity index (χ1v) is 7.24. The normalized spacial score (nSPS) is 23.4. The lowest BCUT2D eigenvalue weighted by Gasteiger charge is -2.23. The average molecular weight is 266 g/mol. The van der Waals surface area contributed by atoms with Crippen molar-refractivity contribution in [1.29, 1.82) is 0 Å². The standard InChI is InChI=1S/C12H18N4OS/c1-8(17)15(2)10-5-6-16(7-10)12-13-11(14-18-12)9-3-4-9/h9-10H,3-7H2,1-2H3. The van der Waals surface area contributed by atoms with E-state index in [0.717, 1.165) is 30.5 Å². The van der Waals surface area contributed by atoms with Crippen molar-refractivity contribution in [2.75, 3.05) is 25.0 Å². The molecule has 98 valence electrons. The molecule has 1 saturated heterocycles. The minimum absolute atomic E-state index is 0.137. The van der Waals surface area contributed by atoms with Gasteiger partial charge in [-0.25, -0.2) is 4.98 Å². The zero-order chi connectivity index (χ0) is 12.7. The van der Waals surface area contributed by atoms with Gasteiger partial charge in [0.1, 0.15) is 5.82 Å². The van der Waals surface area contributed by atoms with Gasteiger partial charge in [-0.2, -0.15) is 4.37 Å². The molecule has 1 saturated carbocycles. The highest BCUT2D eigenvalue weighted by Crippen LogP contribution is 2.40. The Labute approximate surface area is 111 Å². The molecule has 1 amide bonds. The fraction of sp³-hybridized carbons (Fsp3) is 0.750. The van der Waals surface area contributed by atoms with E-state index in [1.807, 2.05) is 11.9 Å². The van der Waals surface area contributed by atoms with E-state index in [1.54, 1.807) is 6.92 Å². The number of likely N-dealkylation sites (N-methyl/N-ethyl adjacent to an activating group) is 1. The first kappa shape index (κ1) is 11.9. The highest BCUT2D eigenvalue weighted by Gasteiger charge is 2.31. The number of rotatable bonds is 3. The summed E-state index contributed by atoms with van der Waals surface area (Å²) in [5.74, 6) is 1.78. The number of carbonyl (C=O) groups is 1. The molecule has 0 bridgehead atoms. The molecule has 1 aromatic rings. The molecule has 18 heavy (non-hydrogen) atoms. The third kappa shape index (κ3) is 2.21. The molecule has 1 aliphatic heterocycles. The second kappa shape index (κ2) is 4.50. The highest BCUT2D eigenvalue weighted by atomic mass is 32.1. The Hall–Kier alpha value is -1.17. The number of aromatic nitrogens is 2. The van der Waals surface area contributed by atoms with E-state index in [9.17, 15) is 4.79 Å². The summed E-state index contributed by atoms with van der Waals surface area (Å²) in [6, 6.07) is 0.316. The second-order valence-corrected chi connectivity index (χ2v) is 5.96. The van der Waals surface area contributed by atoms with Crippen molar-refractivity contribution in [3.8, 4) is 0 Å². The van der Waals surface area contributed by atoms with E-state index >= 15 is 0 Å². The van der Waals surface area contributed by atoms with Gasteiger partial charge >= 0.3 is 0 Å². The Morgan fingerprint density at radius 3 is 2.89 bits per heavy atom. The van der Waals surface area contributed by atoms with Crippen LogP contribution in [0.15, 0.2) is 0 Å². The van der Waals surface area contributed by atoms with Crippen LogP contribution in [0.5, 0.6) is 0 Å². The highest BCUT2D eigenvalue weighted by molar-refractivity contribution is 7.09. The molecule has 6 heteroatoms. The molecule has 1 atom stereocenters. The lowest BCUT2D eigenvalue weighted by atomic mass is 10.2. The van der Waals surface area contributed by atoms with Crippen LogP contribution in [0.3, 0.4) is 0 Å². The van der Waals surface area contributed by atoms with E-state index in [4.69, 9.17) is 0 Å². The van der Waals surface area contributed by atoms with Crippen LogP contribution in [-0.2, 0) is 4.79 Å². The second-order valence-electron chi connectivity index (χ2n) is 5.23. The summed E-state index contributed by atoms with van der Waals surface area (Å²) in [4.78, 5) is 20.1. The van der Waals surface area contributed by atoms with Crippen LogP contribution >= 0.6 is 11.5 Å². The maximum absolute atomic E-state index is 11.4. The fourth-order valence-corrected chi connectivity index (χ4v) is 3.13. The molecule has 2 aliphatic rings. The summed E-state index contributed by atoms with van der Waals surface area (Å²) >= 11 is 1.50. The van der Waals surface area contributed by atoms with Gasteiger partial charge in [-0.15, -0.1) is 0 Å².